The summed E-state index contributed by atoms with van der Waals surface area (Å²) >= 11 is 0. The van der Waals surface area contributed by atoms with E-state index in [1.807, 2.05) is 19.1 Å². The van der Waals surface area contributed by atoms with E-state index in [1.165, 1.54) is 6.07 Å². The first-order valence-corrected chi connectivity index (χ1v) is 8.23. The first-order valence-electron chi connectivity index (χ1n) is 8.23. The summed E-state index contributed by atoms with van der Waals surface area (Å²) in [5, 5.41) is 11.8. The van der Waals surface area contributed by atoms with Gasteiger partial charge >= 0.3 is 0 Å². The quantitative estimate of drug-likeness (QED) is 0.611. The van der Waals surface area contributed by atoms with Gasteiger partial charge in [0.15, 0.2) is 5.82 Å². The molecule has 0 bridgehead atoms. The second-order valence-electron chi connectivity index (χ2n) is 5.91. The van der Waals surface area contributed by atoms with Gasteiger partial charge < -0.3 is 4.52 Å². The number of nitrogens with zero attached hydrogens (tertiary/aromatic N) is 3. The summed E-state index contributed by atoms with van der Waals surface area (Å²) < 4.78 is 19.4. The minimum Gasteiger partial charge on any atom is -0.334 e. The standard InChI is InChI=1S/C19H15FN4O2/c1-2-17-21-19(26-24-17)14-9-11(7-8-15(14)20)10-16-12-5-3-4-6-13(12)18(25)23-22-16/h3-9H,2,10H2,1H3,(H,23,25). The fourth-order valence-electron chi connectivity index (χ4n) is 2.85. The van der Waals surface area contributed by atoms with Gasteiger partial charge in [-0.15, -0.1) is 0 Å². The van der Waals surface area contributed by atoms with Crippen LogP contribution in [0.4, 0.5) is 4.39 Å². The summed E-state index contributed by atoms with van der Waals surface area (Å²) in [7, 11) is 0. The van der Waals surface area contributed by atoms with Gasteiger partial charge in [-0.05, 0) is 23.8 Å². The number of aromatic amines is 1. The number of hydrogen-bond donors (Lipinski definition) is 1. The van der Waals surface area contributed by atoms with Crippen molar-refractivity contribution in [2.45, 2.75) is 19.8 Å². The highest BCUT2D eigenvalue weighted by Crippen LogP contribution is 2.24. The Hall–Kier alpha value is -3.35. The van der Waals surface area contributed by atoms with E-state index in [4.69, 9.17) is 4.52 Å². The van der Waals surface area contributed by atoms with Crippen molar-refractivity contribution in [2.75, 3.05) is 0 Å². The summed E-state index contributed by atoms with van der Waals surface area (Å²) in [4.78, 5) is 16.1. The van der Waals surface area contributed by atoms with E-state index in [9.17, 15) is 9.18 Å². The zero-order valence-corrected chi connectivity index (χ0v) is 14.0. The fourth-order valence-corrected chi connectivity index (χ4v) is 2.85. The predicted molar refractivity (Wildman–Crippen MR) is 94.2 cm³/mol. The highest BCUT2D eigenvalue weighted by Gasteiger charge is 2.15. The molecule has 0 radical (unpaired) electrons. The average molecular weight is 350 g/mol. The molecule has 4 rings (SSSR count). The molecule has 7 heteroatoms. The van der Waals surface area contributed by atoms with Crippen LogP contribution in [0.25, 0.3) is 22.2 Å². The monoisotopic (exact) mass is 350 g/mol. The lowest BCUT2D eigenvalue weighted by molar-refractivity contribution is 0.421. The Morgan fingerprint density at radius 3 is 2.73 bits per heavy atom. The summed E-state index contributed by atoms with van der Waals surface area (Å²) in [6.07, 6.45) is 1.04. The van der Waals surface area contributed by atoms with Crippen molar-refractivity contribution < 1.29 is 8.91 Å². The van der Waals surface area contributed by atoms with Crippen LogP contribution in [0.2, 0.25) is 0 Å². The van der Waals surface area contributed by atoms with Gasteiger partial charge in [0.25, 0.3) is 11.4 Å². The normalized spacial score (nSPS) is 11.2. The summed E-state index contributed by atoms with van der Waals surface area (Å²) in [5.74, 6) is 0.248. The molecule has 0 amide bonds. The minimum absolute atomic E-state index is 0.153. The number of halogens is 1. The van der Waals surface area contributed by atoms with Crippen LogP contribution in [0.5, 0.6) is 0 Å². The van der Waals surface area contributed by atoms with E-state index in [0.717, 1.165) is 10.9 Å². The van der Waals surface area contributed by atoms with Crippen LogP contribution in [0.15, 0.2) is 51.8 Å². The van der Waals surface area contributed by atoms with Gasteiger partial charge in [-0.1, -0.05) is 36.3 Å². The Bertz CT molecular complexity index is 1150. The average Bonchev–Trinajstić information content (AvgIpc) is 3.15. The van der Waals surface area contributed by atoms with Crippen molar-refractivity contribution in [3.05, 3.63) is 75.7 Å². The highest BCUT2D eigenvalue weighted by molar-refractivity contribution is 5.83. The molecular formula is C19H15FN4O2. The van der Waals surface area contributed by atoms with Gasteiger partial charge in [-0.25, -0.2) is 9.49 Å². The van der Waals surface area contributed by atoms with Gasteiger partial charge in [0, 0.05) is 18.2 Å². The van der Waals surface area contributed by atoms with E-state index in [2.05, 4.69) is 20.3 Å². The maximum Gasteiger partial charge on any atom is 0.272 e. The third-order valence-corrected chi connectivity index (χ3v) is 4.19. The number of hydrogen-bond acceptors (Lipinski definition) is 5. The molecule has 130 valence electrons. The lowest BCUT2D eigenvalue weighted by atomic mass is 10.0. The van der Waals surface area contributed by atoms with Crippen LogP contribution in [0.1, 0.15) is 24.0 Å². The first kappa shape index (κ1) is 16.1. The Morgan fingerprint density at radius 2 is 1.96 bits per heavy atom. The van der Waals surface area contributed by atoms with Crippen molar-refractivity contribution in [1.82, 2.24) is 20.3 Å². The van der Waals surface area contributed by atoms with Gasteiger partial charge in [-0.2, -0.15) is 10.1 Å². The number of nitrogens with one attached hydrogen (secondary N) is 1. The number of aromatic nitrogens is 4. The molecule has 0 fully saturated rings. The van der Waals surface area contributed by atoms with Crippen LogP contribution in [0.3, 0.4) is 0 Å². The van der Waals surface area contributed by atoms with Crippen LogP contribution in [0, 0.1) is 5.82 Å². The van der Waals surface area contributed by atoms with E-state index >= 15 is 0 Å². The minimum atomic E-state index is -0.431. The van der Waals surface area contributed by atoms with Gasteiger partial charge in [-0.3, -0.25) is 4.79 Å². The van der Waals surface area contributed by atoms with E-state index in [-0.39, 0.29) is 17.0 Å². The molecule has 0 aliphatic carbocycles. The molecule has 0 aliphatic heterocycles. The van der Waals surface area contributed by atoms with E-state index in [1.54, 1.807) is 24.3 Å². The Balaban J connectivity index is 1.75. The summed E-state index contributed by atoms with van der Waals surface area (Å²) in [6.45, 7) is 1.90. The van der Waals surface area contributed by atoms with Crippen molar-refractivity contribution in [3.63, 3.8) is 0 Å². The molecular weight excluding hydrogens is 335 g/mol. The maximum atomic E-state index is 14.2. The zero-order chi connectivity index (χ0) is 18.1. The molecule has 2 heterocycles. The molecule has 2 aromatic heterocycles. The Labute approximate surface area is 147 Å². The molecule has 26 heavy (non-hydrogen) atoms. The second-order valence-corrected chi connectivity index (χ2v) is 5.91. The predicted octanol–water partition coefficient (Wildman–Crippen LogP) is 3.27. The van der Waals surface area contributed by atoms with Crippen molar-refractivity contribution in [3.8, 4) is 11.5 Å². The molecule has 0 unspecified atom stereocenters. The number of benzene rings is 2. The second kappa shape index (κ2) is 6.51. The number of H-pyrrole nitrogens is 1. The Kier molecular flexibility index (Phi) is 4.04. The van der Waals surface area contributed by atoms with Crippen LogP contribution >= 0.6 is 0 Å². The van der Waals surface area contributed by atoms with E-state index in [0.29, 0.717) is 29.7 Å². The molecule has 2 aromatic carbocycles. The van der Waals surface area contributed by atoms with Crippen LogP contribution < -0.4 is 5.56 Å². The lowest BCUT2D eigenvalue weighted by Crippen LogP contribution is -2.11. The van der Waals surface area contributed by atoms with Crippen molar-refractivity contribution >= 4 is 10.8 Å². The third kappa shape index (κ3) is 2.88. The summed E-state index contributed by atoms with van der Waals surface area (Å²) in [5.41, 5.74) is 1.55. The zero-order valence-electron chi connectivity index (χ0n) is 14.0. The number of fused-ring (bicyclic) bond motifs is 1. The summed E-state index contributed by atoms with van der Waals surface area (Å²) in [6, 6.07) is 12.0. The maximum absolute atomic E-state index is 14.2. The molecule has 0 saturated heterocycles. The number of rotatable bonds is 4. The molecule has 6 nitrogen and oxygen atoms in total. The number of aryl methyl sites for hydroxylation is 1. The topological polar surface area (TPSA) is 84.7 Å². The molecule has 0 atom stereocenters. The van der Waals surface area contributed by atoms with Crippen LogP contribution in [-0.2, 0) is 12.8 Å². The third-order valence-electron chi connectivity index (χ3n) is 4.19. The lowest BCUT2D eigenvalue weighted by Gasteiger charge is -2.06. The smallest absolute Gasteiger partial charge is 0.272 e. The van der Waals surface area contributed by atoms with Crippen molar-refractivity contribution in [2.24, 2.45) is 0 Å². The first-order chi connectivity index (χ1) is 12.7. The molecule has 0 saturated carbocycles. The highest BCUT2D eigenvalue weighted by atomic mass is 19.1. The fraction of sp³-hybridized carbons (Fsp3) is 0.158. The molecule has 0 spiro atoms. The molecule has 1 N–H and O–H groups in total. The molecule has 4 aromatic rings. The van der Waals surface area contributed by atoms with Gasteiger partial charge in [0.1, 0.15) is 5.82 Å². The van der Waals surface area contributed by atoms with Gasteiger partial charge in [0.2, 0.25) is 0 Å². The van der Waals surface area contributed by atoms with Crippen LogP contribution in [-0.4, -0.2) is 20.3 Å². The van der Waals surface area contributed by atoms with E-state index < -0.39 is 5.82 Å². The SMILES string of the molecule is CCc1noc(-c2cc(Cc3n[nH]c(=O)c4ccccc34)ccc2F)n1. The Morgan fingerprint density at radius 1 is 1.15 bits per heavy atom. The van der Waals surface area contributed by atoms with Crippen molar-refractivity contribution in [1.29, 1.82) is 0 Å². The molecule has 0 aliphatic rings. The van der Waals surface area contributed by atoms with Gasteiger partial charge in [0.05, 0.1) is 16.6 Å². The largest absolute Gasteiger partial charge is 0.334 e.